The smallest absolute Gasteiger partial charge is 0.309 e. The monoisotopic (exact) mass is 263 g/mol. The van der Waals surface area contributed by atoms with E-state index in [1.54, 1.807) is 12.4 Å². The van der Waals surface area contributed by atoms with Crippen LogP contribution in [0.1, 0.15) is 12.5 Å². The van der Waals surface area contributed by atoms with E-state index >= 15 is 0 Å². The molecule has 0 saturated carbocycles. The maximum Gasteiger partial charge on any atom is 0.309 e. The molecule has 5 heteroatoms. The molecule has 1 aromatic heterocycles. The first-order valence-electron chi connectivity index (χ1n) is 6.60. The molecule has 1 aliphatic heterocycles. The summed E-state index contributed by atoms with van der Waals surface area (Å²) in [5.74, 6) is -1.03. The van der Waals surface area contributed by atoms with Gasteiger partial charge in [0.15, 0.2) is 0 Å². The van der Waals surface area contributed by atoms with Crippen molar-refractivity contribution in [2.24, 2.45) is 5.92 Å². The van der Waals surface area contributed by atoms with Crippen LogP contribution in [0.3, 0.4) is 0 Å². The molecule has 1 saturated heterocycles. The van der Waals surface area contributed by atoms with Crippen LogP contribution < -0.4 is 0 Å². The van der Waals surface area contributed by atoms with Crippen LogP contribution in [0.4, 0.5) is 0 Å². The van der Waals surface area contributed by atoms with Gasteiger partial charge in [-0.1, -0.05) is 0 Å². The van der Waals surface area contributed by atoms with E-state index in [9.17, 15) is 9.90 Å². The molecule has 1 aliphatic rings. The van der Waals surface area contributed by atoms with Crippen LogP contribution in [0.2, 0.25) is 0 Å². The van der Waals surface area contributed by atoms with E-state index in [1.807, 2.05) is 19.2 Å². The third-order valence-corrected chi connectivity index (χ3v) is 3.67. The molecule has 1 aromatic rings. The molecule has 0 amide bonds. The minimum absolute atomic E-state index is 0.322. The van der Waals surface area contributed by atoms with E-state index in [4.69, 9.17) is 0 Å². The maximum atomic E-state index is 11.3. The van der Waals surface area contributed by atoms with Gasteiger partial charge in [-0.25, -0.2) is 0 Å². The third-order valence-electron chi connectivity index (χ3n) is 3.67. The number of hydrogen-bond acceptors (Lipinski definition) is 4. The van der Waals surface area contributed by atoms with E-state index in [2.05, 4.69) is 21.7 Å². The summed E-state index contributed by atoms with van der Waals surface area (Å²) < 4.78 is 0. The normalized spacial score (nSPS) is 26.0. The number of pyridine rings is 1. The molecule has 19 heavy (non-hydrogen) atoms. The van der Waals surface area contributed by atoms with Crippen LogP contribution in [0.5, 0.6) is 0 Å². The Bertz CT molecular complexity index is 424. The number of rotatable bonds is 3. The summed E-state index contributed by atoms with van der Waals surface area (Å²) in [5, 5.41) is 9.29. The molecule has 2 heterocycles. The van der Waals surface area contributed by atoms with Gasteiger partial charge in [-0.15, -0.1) is 0 Å². The Labute approximate surface area is 113 Å². The molecule has 2 unspecified atom stereocenters. The highest BCUT2D eigenvalue weighted by atomic mass is 16.4. The summed E-state index contributed by atoms with van der Waals surface area (Å²) in [7, 11) is 1.99. The number of nitrogens with zero attached hydrogens (tertiary/aromatic N) is 3. The number of aliphatic carboxylic acids is 1. The van der Waals surface area contributed by atoms with Crippen LogP contribution in [0.25, 0.3) is 0 Å². The predicted molar refractivity (Wildman–Crippen MR) is 72.7 cm³/mol. The van der Waals surface area contributed by atoms with Crippen molar-refractivity contribution in [2.75, 3.05) is 26.7 Å². The second kappa shape index (κ2) is 6.12. The second-order valence-electron chi connectivity index (χ2n) is 5.39. The Balaban J connectivity index is 2.10. The zero-order valence-electron chi connectivity index (χ0n) is 11.5. The summed E-state index contributed by atoms with van der Waals surface area (Å²) in [6.45, 7) is 5.05. The second-order valence-corrected chi connectivity index (χ2v) is 5.39. The fourth-order valence-electron chi connectivity index (χ4n) is 2.64. The van der Waals surface area contributed by atoms with E-state index in [0.29, 0.717) is 19.1 Å². The van der Waals surface area contributed by atoms with Gasteiger partial charge in [0.25, 0.3) is 0 Å². The van der Waals surface area contributed by atoms with Crippen LogP contribution in [0.15, 0.2) is 24.5 Å². The number of carbonyl (C=O) groups is 1. The molecule has 2 atom stereocenters. The number of hydrogen-bond donors (Lipinski definition) is 1. The highest BCUT2D eigenvalue weighted by Crippen LogP contribution is 2.16. The number of likely N-dealkylation sites (N-methyl/N-ethyl adjacent to an activating group) is 1. The molecule has 0 bridgehead atoms. The van der Waals surface area contributed by atoms with Crippen molar-refractivity contribution in [1.82, 2.24) is 14.8 Å². The Kier molecular flexibility index (Phi) is 4.50. The summed E-state index contributed by atoms with van der Waals surface area (Å²) in [6.07, 6.45) is 3.55. The fraction of sp³-hybridized carbons (Fsp3) is 0.571. The van der Waals surface area contributed by atoms with E-state index in [1.165, 1.54) is 5.56 Å². The molecule has 104 valence electrons. The average molecular weight is 263 g/mol. The van der Waals surface area contributed by atoms with Gasteiger partial charge in [0, 0.05) is 44.6 Å². The zero-order chi connectivity index (χ0) is 13.8. The molecule has 5 nitrogen and oxygen atoms in total. The number of carboxylic acids is 1. The molecule has 1 N–H and O–H groups in total. The largest absolute Gasteiger partial charge is 0.481 e. The third kappa shape index (κ3) is 3.75. The molecular weight excluding hydrogens is 242 g/mol. The highest BCUT2D eigenvalue weighted by Gasteiger charge is 2.29. The van der Waals surface area contributed by atoms with Gasteiger partial charge in [-0.05, 0) is 31.7 Å². The lowest BCUT2D eigenvalue weighted by molar-refractivity contribution is -0.142. The lowest BCUT2D eigenvalue weighted by atomic mass is 10.1. The van der Waals surface area contributed by atoms with Gasteiger partial charge in [-0.3, -0.25) is 14.7 Å². The first kappa shape index (κ1) is 14.0. The standard InChI is InChI=1S/C14H21N3O2/c1-11-7-16(2)9-13(14(18)19)10-17(11)8-12-3-5-15-6-4-12/h3-6,11,13H,7-10H2,1-2H3,(H,18,19). The van der Waals surface area contributed by atoms with Crippen molar-refractivity contribution in [3.05, 3.63) is 30.1 Å². The van der Waals surface area contributed by atoms with Gasteiger partial charge in [0.1, 0.15) is 0 Å². The first-order chi connectivity index (χ1) is 9.06. The Morgan fingerprint density at radius 2 is 2.05 bits per heavy atom. The summed E-state index contributed by atoms with van der Waals surface area (Å²) >= 11 is 0. The van der Waals surface area contributed by atoms with Crippen molar-refractivity contribution < 1.29 is 9.90 Å². The van der Waals surface area contributed by atoms with Crippen molar-refractivity contribution in [2.45, 2.75) is 19.5 Å². The molecule has 1 fully saturated rings. The fourth-order valence-corrected chi connectivity index (χ4v) is 2.64. The molecule has 0 spiro atoms. The first-order valence-corrected chi connectivity index (χ1v) is 6.60. The Morgan fingerprint density at radius 1 is 1.37 bits per heavy atom. The Hall–Kier alpha value is -1.46. The lowest BCUT2D eigenvalue weighted by Gasteiger charge is -2.28. The van der Waals surface area contributed by atoms with Crippen LogP contribution >= 0.6 is 0 Å². The van der Waals surface area contributed by atoms with E-state index in [0.717, 1.165) is 13.1 Å². The van der Waals surface area contributed by atoms with Gasteiger partial charge in [0.2, 0.25) is 0 Å². The molecule has 0 aliphatic carbocycles. The van der Waals surface area contributed by atoms with Crippen LogP contribution in [-0.2, 0) is 11.3 Å². The number of aromatic nitrogens is 1. The highest BCUT2D eigenvalue weighted by molar-refractivity contribution is 5.70. The minimum Gasteiger partial charge on any atom is -0.481 e. The van der Waals surface area contributed by atoms with Crippen molar-refractivity contribution in [1.29, 1.82) is 0 Å². The lowest BCUT2D eigenvalue weighted by Crippen LogP contribution is -2.38. The van der Waals surface area contributed by atoms with Gasteiger partial charge in [0.05, 0.1) is 5.92 Å². The van der Waals surface area contributed by atoms with Crippen molar-refractivity contribution in [3.8, 4) is 0 Å². The Morgan fingerprint density at radius 3 is 2.68 bits per heavy atom. The number of carboxylic acid groups (broad SMARTS) is 1. The topological polar surface area (TPSA) is 56.7 Å². The minimum atomic E-state index is -0.708. The van der Waals surface area contributed by atoms with Crippen molar-refractivity contribution in [3.63, 3.8) is 0 Å². The van der Waals surface area contributed by atoms with Gasteiger partial charge in [-0.2, -0.15) is 0 Å². The summed E-state index contributed by atoms with van der Waals surface area (Å²) in [6, 6.07) is 4.32. The maximum absolute atomic E-state index is 11.3. The summed E-state index contributed by atoms with van der Waals surface area (Å²) in [4.78, 5) is 19.7. The average Bonchev–Trinajstić information content (AvgIpc) is 2.50. The SMILES string of the molecule is CC1CN(C)CC(C(=O)O)CN1Cc1ccncc1. The molecule has 0 aromatic carbocycles. The van der Waals surface area contributed by atoms with Crippen LogP contribution in [-0.4, -0.2) is 58.6 Å². The van der Waals surface area contributed by atoms with Gasteiger partial charge >= 0.3 is 5.97 Å². The van der Waals surface area contributed by atoms with E-state index in [-0.39, 0.29) is 5.92 Å². The van der Waals surface area contributed by atoms with Gasteiger partial charge < -0.3 is 10.0 Å². The molecule has 2 rings (SSSR count). The van der Waals surface area contributed by atoms with Crippen molar-refractivity contribution >= 4 is 5.97 Å². The molecular formula is C14H21N3O2. The summed E-state index contributed by atoms with van der Waals surface area (Å²) in [5.41, 5.74) is 1.18. The van der Waals surface area contributed by atoms with Crippen LogP contribution in [0, 0.1) is 5.92 Å². The predicted octanol–water partition coefficient (Wildman–Crippen LogP) is 0.918. The zero-order valence-corrected chi connectivity index (χ0v) is 11.5. The molecule has 0 radical (unpaired) electrons. The van der Waals surface area contributed by atoms with E-state index < -0.39 is 5.97 Å². The quantitative estimate of drug-likeness (QED) is 0.879.